The molecule has 2 unspecified atom stereocenters. The molecule has 1 N–H and O–H groups in total. The smallest absolute Gasteiger partial charge is 0.254 e. The van der Waals surface area contributed by atoms with Crippen molar-refractivity contribution in [1.29, 1.82) is 0 Å². The molecule has 2 aliphatic heterocycles. The first-order valence-corrected chi connectivity index (χ1v) is 9.37. The number of benzene rings is 2. The molecule has 2 saturated heterocycles. The third-order valence-electron chi connectivity index (χ3n) is 5.53. The van der Waals surface area contributed by atoms with Gasteiger partial charge in [0.1, 0.15) is 0 Å². The van der Waals surface area contributed by atoms with Crippen molar-refractivity contribution in [3.63, 3.8) is 0 Å². The first-order chi connectivity index (χ1) is 12.6. The fourth-order valence-electron chi connectivity index (χ4n) is 4.03. The summed E-state index contributed by atoms with van der Waals surface area (Å²) in [4.78, 5) is 28.1. The average Bonchev–Trinajstić information content (AvgIpc) is 3.00. The highest BCUT2D eigenvalue weighted by molar-refractivity contribution is 6.15. The summed E-state index contributed by atoms with van der Waals surface area (Å²) >= 11 is 0. The van der Waals surface area contributed by atoms with E-state index < -0.39 is 0 Å². The minimum atomic E-state index is -0.0941. The maximum absolute atomic E-state index is 13.2. The number of nitrogens with zero attached hydrogens (tertiary/aromatic N) is 1. The maximum atomic E-state index is 13.2. The molecular formula is C22H25ClN2O2. The summed E-state index contributed by atoms with van der Waals surface area (Å²) in [6, 6.07) is 15.6. The molecule has 0 radical (unpaired) electrons. The largest absolute Gasteiger partial charge is 0.337 e. The fraction of sp³-hybridized carbons (Fsp3) is 0.364. The van der Waals surface area contributed by atoms with E-state index in [1.807, 2.05) is 48.2 Å². The van der Waals surface area contributed by atoms with Gasteiger partial charge in [-0.25, -0.2) is 0 Å². The monoisotopic (exact) mass is 384 g/mol. The fourth-order valence-corrected chi connectivity index (χ4v) is 4.03. The van der Waals surface area contributed by atoms with Crippen LogP contribution in [0.4, 0.5) is 0 Å². The van der Waals surface area contributed by atoms with Crippen LogP contribution in [0.5, 0.6) is 0 Å². The Kier molecular flexibility index (Phi) is 5.98. The molecule has 5 heteroatoms. The molecule has 2 aliphatic rings. The number of rotatable bonds is 3. The Hall–Kier alpha value is -2.17. The topological polar surface area (TPSA) is 49.4 Å². The Morgan fingerprint density at radius 3 is 2.33 bits per heavy atom. The summed E-state index contributed by atoms with van der Waals surface area (Å²) in [6.07, 6.45) is 3.31. The van der Waals surface area contributed by atoms with Crippen molar-refractivity contribution >= 4 is 24.1 Å². The van der Waals surface area contributed by atoms with E-state index in [1.54, 1.807) is 12.1 Å². The van der Waals surface area contributed by atoms with E-state index in [2.05, 4.69) is 5.32 Å². The van der Waals surface area contributed by atoms with Crippen LogP contribution >= 0.6 is 12.4 Å². The summed E-state index contributed by atoms with van der Waals surface area (Å²) in [7, 11) is 0. The summed E-state index contributed by atoms with van der Waals surface area (Å²) in [5.41, 5.74) is 2.73. The number of likely N-dealkylation sites (tertiary alicyclic amines) is 1. The molecule has 2 heterocycles. The van der Waals surface area contributed by atoms with Crippen molar-refractivity contribution in [2.45, 2.75) is 38.3 Å². The first kappa shape index (κ1) is 19.6. The third kappa shape index (κ3) is 4.07. The lowest BCUT2D eigenvalue weighted by Gasteiger charge is -2.25. The number of carbonyl (C=O) groups is 2. The van der Waals surface area contributed by atoms with Crippen LogP contribution in [0.3, 0.4) is 0 Å². The molecule has 0 spiro atoms. The zero-order valence-electron chi connectivity index (χ0n) is 15.5. The Bertz CT molecular complexity index is 834. The van der Waals surface area contributed by atoms with Crippen LogP contribution in [0.2, 0.25) is 0 Å². The quantitative estimate of drug-likeness (QED) is 0.822. The van der Waals surface area contributed by atoms with Crippen LogP contribution in [-0.2, 0) is 0 Å². The van der Waals surface area contributed by atoms with Crippen molar-refractivity contribution in [3.8, 4) is 0 Å². The van der Waals surface area contributed by atoms with Gasteiger partial charge >= 0.3 is 0 Å². The summed E-state index contributed by atoms with van der Waals surface area (Å²) in [5.74, 6) is -0.126. The van der Waals surface area contributed by atoms with Crippen LogP contribution in [-0.4, -0.2) is 41.8 Å². The molecule has 2 aromatic rings. The zero-order valence-corrected chi connectivity index (χ0v) is 16.3. The first-order valence-electron chi connectivity index (χ1n) is 9.37. The number of hydrogen-bond donors (Lipinski definition) is 1. The Labute approximate surface area is 166 Å². The molecular weight excluding hydrogens is 360 g/mol. The summed E-state index contributed by atoms with van der Waals surface area (Å²) in [5, 5.41) is 3.60. The maximum Gasteiger partial charge on any atom is 0.254 e. The number of hydrogen-bond acceptors (Lipinski definition) is 3. The number of halogens is 1. The second kappa shape index (κ2) is 8.24. The van der Waals surface area contributed by atoms with Crippen LogP contribution < -0.4 is 5.32 Å². The number of carbonyl (C=O) groups excluding carboxylic acids is 2. The summed E-state index contributed by atoms with van der Waals surface area (Å²) in [6.45, 7) is 3.47. The third-order valence-corrected chi connectivity index (χ3v) is 5.53. The van der Waals surface area contributed by atoms with Gasteiger partial charge in [0.05, 0.1) is 5.56 Å². The number of aryl methyl sites for hydroxylation is 1. The Morgan fingerprint density at radius 2 is 1.59 bits per heavy atom. The molecule has 27 heavy (non-hydrogen) atoms. The molecule has 2 atom stereocenters. The minimum Gasteiger partial charge on any atom is -0.337 e. The standard InChI is InChI=1S/C22H24N2O2.ClH/c1-15-6-8-16(9-7-15)21(25)19-4-2-3-5-20(19)22(26)24-13-12-17-10-11-18(14-24)23-17;/h2-9,17-18,23H,10-14H2,1H3;1H. The number of amides is 1. The van der Waals surface area contributed by atoms with E-state index in [1.165, 1.54) is 6.42 Å². The van der Waals surface area contributed by atoms with Gasteiger partial charge < -0.3 is 10.2 Å². The van der Waals surface area contributed by atoms with Crippen molar-refractivity contribution in [1.82, 2.24) is 10.2 Å². The van der Waals surface area contributed by atoms with Gasteiger partial charge in [0.2, 0.25) is 0 Å². The lowest BCUT2D eigenvalue weighted by atomic mass is 9.96. The highest BCUT2D eigenvalue weighted by Crippen LogP contribution is 2.23. The second-order valence-electron chi connectivity index (χ2n) is 7.42. The van der Waals surface area contributed by atoms with Crippen LogP contribution in [0, 0.1) is 6.92 Å². The van der Waals surface area contributed by atoms with Gasteiger partial charge in [-0.1, -0.05) is 48.0 Å². The predicted molar refractivity (Wildman–Crippen MR) is 109 cm³/mol. The minimum absolute atomic E-state index is 0. The SMILES string of the molecule is Cc1ccc(C(=O)c2ccccc2C(=O)N2CCC3CCC(C2)N3)cc1.Cl. The zero-order chi connectivity index (χ0) is 18.1. The lowest BCUT2D eigenvalue weighted by molar-refractivity contribution is 0.0744. The van der Waals surface area contributed by atoms with Crippen LogP contribution in [0.15, 0.2) is 48.5 Å². The molecule has 1 amide bonds. The second-order valence-corrected chi connectivity index (χ2v) is 7.42. The molecule has 2 aromatic carbocycles. The van der Waals surface area contributed by atoms with Crippen molar-refractivity contribution in [2.75, 3.05) is 13.1 Å². The van der Waals surface area contributed by atoms with E-state index in [4.69, 9.17) is 0 Å². The van der Waals surface area contributed by atoms with E-state index in [-0.39, 0.29) is 24.1 Å². The number of fused-ring (bicyclic) bond motifs is 2. The molecule has 4 nitrogen and oxygen atoms in total. The van der Waals surface area contributed by atoms with Crippen molar-refractivity contribution < 1.29 is 9.59 Å². The van der Waals surface area contributed by atoms with Gasteiger partial charge in [0.15, 0.2) is 5.78 Å². The average molecular weight is 385 g/mol. The summed E-state index contributed by atoms with van der Waals surface area (Å²) < 4.78 is 0. The van der Waals surface area contributed by atoms with Gasteiger partial charge in [0.25, 0.3) is 5.91 Å². The molecule has 2 bridgehead atoms. The molecule has 0 aliphatic carbocycles. The molecule has 2 fully saturated rings. The van der Waals surface area contributed by atoms with Gasteiger partial charge in [-0.3, -0.25) is 9.59 Å². The normalized spacial score (nSPS) is 21.3. The Balaban J connectivity index is 0.00000210. The number of ketones is 1. The van der Waals surface area contributed by atoms with Crippen molar-refractivity contribution in [2.24, 2.45) is 0 Å². The highest BCUT2D eigenvalue weighted by atomic mass is 35.5. The van der Waals surface area contributed by atoms with Crippen LogP contribution in [0.1, 0.15) is 51.1 Å². The molecule has 0 aromatic heterocycles. The number of nitrogens with one attached hydrogen (secondary N) is 1. The molecule has 4 rings (SSSR count). The van der Waals surface area contributed by atoms with E-state index in [0.717, 1.165) is 31.5 Å². The van der Waals surface area contributed by atoms with Gasteiger partial charge in [-0.15, -0.1) is 12.4 Å². The molecule has 142 valence electrons. The van der Waals surface area contributed by atoms with Gasteiger partial charge in [-0.05, 0) is 32.3 Å². The van der Waals surface area contributed by atoms with Gasteiger partial charge in [0, 0.05) is 36.3 Å². The lowest BCUT2D eigenvalue weighted by Crippen LogP contribution is -2.39. The highest BCUT2D eigenvalue weighted by Gasteiger charge is 2.32. The van der Waals surface area contributed by atoms with Crippen LogP contribution in [0.25, 0.3) is 0 Å². The predicted octanol–water partition coefficient (Wildman–Crippen LogP) is 3.61. The van der Waals surface area contributed by atoms with Gasteiger partial charge in [-0.2, -0.15) is 0 Å². The molecule has 0 saturated carbocycles. The van der Waals surface area contributed by atoms with E-state index in [0.29, 0.717) is 28.8 Å². The van der Waals surface area contributed by atoms with Crippen molar-refractivity contribution in [3.05, 3.63) is 70.8 Å². The van der Waals surface area contributed by atoms with E-state index >= 15 is 0 Å². The van der Waals surface area contributed by atoms with E-state index in [9.17, 15) is 9.59 Å². The Morgan fingerprint density at radius 1 is 0.926 bits per heavy atom.